The molecule has 1 unspecified atom stereocenters. The molecule has 1 fully saturated rings. The molecule has 160 valence electrons. The molecule has 0 aliphatic carbocycles. The van der Waals surface area contributed by atoms with E-state index in [2.05, 4.69) is 0 Å². The standard InChI is InChI=1S/C25H20N2O5/c1-15-11-12-20(16(2)13-15)26-22(17-7-4-3-5-8-17)21(24(29)25(26)30)23(28)18-9-6-10-19(14-18)27(31)32/h3-14,22,28H,1-2H3/b23-21-. The van der Waals surface area contributed by atoms with Gasteiger partial charge in [-0.1, -0.05) is 60.2 Å². The summed E-state index contributed by atoms with van der Waals surface area (Å²) >= 11 is 0. The van der Waals surface area contributed by atoms with Gasteiger partial charge in [0.15, 0.2) is 0 Å². The topological polar surface area (TPSA) is 101 Å². The molecule has 32 heavy (non-hydrogen) atoms. The van der Waals surface area contributed by atoms with Gasteiger partial charge in [0.25, 0.3) is 17.4 Å². The molecular weight excluding hydrogens is 408 g/mol. The van der Waals surface area contributed by atoms with Crippen LogP contribution in [-0.4, -0.2) is 21.7 Å². The zero-order valence-electron chi connectivity index (χ0n) is 17.5. The van der Waals surface area contributed by atoms with Crippen LogP contribution in [0.5, 0.6) is 0 Å². The van der Waals surface area contributed by atoms with Gasteiger partial charge in [0.1, 0.15) is 5.76 Å². The van der Waals surface area contributed by atoms with Crippen molar-refractivity contribution < 1.29 is 19.6 Å². The maximum atomic E-state index is 13.2. The van der Waals surface area contributed by atoms with Crippen LogP contribution in [0.2, 0.25) is 0 Å². The molecule has 1 atom stereocenters. The van der Waals surface area contributed by atoms with Gasteiger partial charge in [0, 0.05) is 23.4 Å². The molecule has 0 saturated carbocycles. The Morgan fingerprint density at radius 2 is 1.69 bits per heavy atom. The van der Waals surface area contributed by atoms with Crippen LogP contribution in [0.4, 0.5) is 11.4 Å². The first kappa shape index (κ1) is 21.0. The number of ketones is 1. The lowest BCUT2D eigenvalue weighted by atomic mass is 9.94. The van der Waals surface area contributed by atoms with Crippen molar-refractivity contribution in [3.05, 3.63) is 111 Å². The van der Waals surface area contributed by atoms with Gasteiger partial charge in [-0.05, 0) is 31.0 Å². The van der Waals surface area contributed by atoms with Gasteiger partial charge in [0.2, 0.25) is 0 Å². The quantitative estimate of drug-likeness (QED) is 0.211. The first-order valence-corrected chi connectivity index (χ1v) is 9.97. The van der Waals surface area contributed by atoms with E-state index in [1.165, 1.54) is 29.2 Å². The second-order valence-electron chi connectivity index (χ2n) is 7.68. The van der Waals surface area contributed by atoms with E-state index in [1.807, 2.05) is 32.0 Å². The Morgan fingerprint density at radius 3 is 2.34 bits per heavy atom. The molecule has 3 aromatic rings. The molecule has 0 aromatic heterocycles. The average Bonchev–Trinajstić information content (AvgIpc) is 3.04. The fourth-order valence-corrected chi connectivity index (χ4v) is 4.03. The smallest absolute Gasteiger partial charge is 0.300 e. The van der Waals surface area contributed by atoms with Gasteiger partial charge in [-0.2, -0.15) is 0 Å². The monoisotopic (exact) mass is 428 g/mol. The van der Waals surface area contributed by atoms with Crippen LogP contribution < -0.4 is 4.90 Å². The van der Waals surface area contributed by atoms with E-state index in [1.54, 1.807) is 30.3 Å². The molecule has 1 amide bonds. The summed E-state index contributed by atoms with van der Waals surface area (Å²) in [4.78, 5) is 38.3. The molecule has 7 heteroatoms. The number of nitro benzene ring substituents is 1. The minimum absolute atomic E-state index is 0.0961. The summed E-state index contributed by atoms with van der Waals surface area (Å²) in [6, 6.07) is 18.9. The Labute approximate surface area is 184 Å². The number of benzene rings is 3. The minimum Gasteiger partial charge on any atom is -0.507 e. The van der Waals surface area contributed by atoms with Crippen LogP contribution in [0.15, 0.2) is 78.4 Å². The number of carbonyl (C=O) groups excluding carboxylic acids is 2. The van der Waals surface area contributed by atoms with Gasteiger partial charge < -0.3 is 5.11 Å². The van der Waals surface area contributed by atoms with Crippen molar-refractivity contribution in [2.75, 3.05) is 4.90 Å². The number of anilines is 1. The molecule has 1 N–H and O–H groups in total. The summed E-state index contributed by atoms with van der Waals surface area (Å²) in [5.74, 6) is -2.06. The van der Waals surface area contributed by atoms with Gasteiger partial charge >= 0.3 is 0 Å². The van der Waals surface area contributed by atoms with Crippen molar-refractivity contribution in [2.45, 2.75) is 19.9 Å². The SMILES string of the molecule is Cc1ccc(N2C(=O)C(=O)/C(=C(\O)c3cccc([N+](=O)[O-])c3)C2c2ccccc2)c(C)c1. The molecule has 7 nitrogen and oxygen atoms in total. The lowest BCUT2D eigenvalue weighted by molar-refractivity contribution is -0.384. The maximum Gasteiger partial charge on any atom is 0.300 e. The Hall–Kier alpha value is -4.26. The number of nitro groups is 1. The van der Waals surface area contributed by atoms with E-state index >= 15 is 0 Å². The third-order valence-corrected chi connectivity index (χ3v) is 5.50. The molecule has 1 heterocycles. The van der Waals surface area contributed by atoms with Gasteiger partial charge in [-0.3, -0.25) is 24.6 Å². The first-order chi connectivity index (χ1) is 15.3. The highest BCUT2D eigenvalue weighted by Gasteiger charge is 2.47. The highest BCUT2D eigenvalue weighted by molar-refractivity contribution is 6.51. The number of aliphatic hydroxyl groups excluding tert-OH is 1. The van der Waals surface area contributed by atoms with Crippen molar-refractivity contribution in [1.82, 2.24) is 0 Å². The number of aliphatic hydroxyl groups is 1. The number of amides is 1. The van der Waals surface area contributed by atoms with E-state index in [9.17, 15) is 24.8 Å². The lowest BCUT2D eigenvalue weighted by Gasteiger charge is -2.27. The summed E-state index contributed by atoms with van der Waals surface area (Å²) in [5, 5.41) is 22.3. The van der Waals surface area contributed by atoms with E-state index in [4.69, 9.17) is 0 Å². The second-order valence-corrected chi connectivity index (χ2v) is 7.68. The highest BCUT2D eigenvalue weighted by Crippen LogP contribution is 2.43. The van der Waals surface area contributed by atoms with E-state index in [0.717, 1.165) is 11.1 Å². The van der Waals surface area contributed by atoms with Crippen molar-refractivity contribution >= 4 is 28.8 Å². The largest absolute Gasteiger partial charge is 0.507 e. The van der Waals surface area contributed by atoms with Crippen LogP contribution in [0, 0.1) is 24.0 Å². The number of nitrogens with zero attached hydrogens (tertiary/aromatic N) is 2. The summed E-state index contributed by atoms with van der Waals surface area (Å²) in [5.41, 5.74) is 2.77. The predicted octanol–water partition coefficient (Wildman–Crippen LogP) is 4.84. The normalized spacial score (nSPS) is 17.6. The lowest BCUT2D eigenvalue weighted by Crippen LogP contribution is -2.30. The molecule has 3 aromatic carbocycles. The Bertz CT molecular complexity index is 1280. The summed E-state index contributed by atoms with van der Waals surface area (Å²) < 4.78 is 0. The zero-order valence-corrected chi connectivity index (χ0v) is 17.5. The Kier molecular flexibility index (Phi) is 5.32. The Morgan fingerprint density at radius 1 is 0.969 bits per heavy atom. The van der Waals surface area contributed by atoms with Crippen molar-refractivity contribution in [3.8, 4) is 0 Å². The third kappa shape index (κ3) is 3.54. The molecule has 1 aliphatic rings. The molecule has 0 radical (unpaired) electrons. The first-order valence-electron chi connectivity index (χ1n) is 9.97. The van der Waals surface area contributed by atoms with E-state index in [-0.39, 0.29) is 16.8 Å². The fourth-order valence-electron chi connectivity index (χ4n) is 4.03. The molecular formula is C25H20N2O5. The van der Waals surface area contributed by atoms with Crippen LogP contribution in [0.3, 0.4) is 0 Å². The van der Waals surface area contributed by atoms with Gasteiger partial charge in [-0.15, -0.1) is 0 Å². The van der Waals surface area contributed by atoms with Crippen LogP contribution in [0.25, 0.3) is 5.76 Å². The molecule has 1 aliphatic heterocycles. The molecule has 0 spiro atoms. The van der Waals surface area contributed by atoms with Crippen molar-refractivity contribution in [2.24, 2.45) is 0 Å². The van der Waals surface area contributed by atoms with Gasteiger partial charge in [0.05, 0.1) is 16.5 Å². The number of hydrogen-bond acceptors (Lipinski definition) is 5. The van der Waals surface area contributed by atoms with Gasteiger partial charge in [-0.25, -0.2) is 0 Å². The average molecular weight is 428 g/mol. The van der Waals surface area contributed by atoms with Crippen molar-refractivity contribution in [3.63, 3.8) is 0 Å². The fraction of sp³-hybridized carbons (Fsp3) is 0.120. The van der Waals surface area contributed by atoms with Crippen LogP contribution >= 0.6 is 0 Å². The third-order valence-electron chi connectivity index (χ3n) is 5.50. The summed E-state index contributed by atoms with van der Waals surface area (Å²) in [7, 11) is 0. The van der Waals surface area contributed by atoms with Crippen molar-refractivity contribution in [1.29, 1.82) is 0 Å². The number of hydrogen-bond donors (Lipinski definition) is 1. The molecule has 0 bridgehead atoms. The number of Topliss-reactive ketones (excluding diaryl/α,β-unsaturated/α-hetero) is 1. The zero-order chi connectivity index (χ0) is 23.0. The highest BCUT2D eigenvalue weighted by atomic mass is 16.6. The molecule has 1 saturated heterocycles. The minimum atomic E-state index is -0.878. The van der Waals surface area contributed by atoms with Crippen LogP contribution in [0.1, 0.15) is 28.3 Å². The predicted molar refractivity (Wildman–Crippen MR) is 120 cm³/mol. The number of non-ortho nitro benzene ring substituents is 1. The number of carbonyl (C=O) groups is 2. The summed E-state index contributed by atoms with van der Waals surface area (Å²) in [6.07, 6.45) is 0. The molecule has 4 rings (SSSR count). The Balaban J connectivity index is 1.96. The second kappa shape index (κ2) is 8.11. The number of aryl methyl sites for hydroxylation is 2. The summed E-state index contributed by atoms with van der Waals surface area (Å²) in [6.45, 7) is 3.78. The van der Waals surface area contributed by atoms with Crippen LogP contribution in [-0.2, 0) is 9.59 Å². The van der Waals surface area contributed by atoms with E-state index in [0.29, 0.717) is 11.3 Å². The van der Waals surface area contributed by atoms with E-state index < -0.39 is 28.4 Å². The number of rotatable bonds is 4. The maximum absolute atomic E-state index is 13.2.